The second kappa shape index (κ2) is 6.41. The zero-order valence-corrected chi connectivity index (χ0v) is 12.7. The molecule has 0 atom stereocenters. The van der Waals surface area contributed by atoms with Crippen LogP contribution in [-0.2, 0) is 6.54 Å². The maximum atomic E-state index is 12.4. The number of aromatic nitrogens is 2. The van der Waals surface area contributed by atoms with Gasteiger partial charge in [-0.15, -0.1) is 0 Å². The van der Waals surface area contributed by atoms with Crippen molar-refractivity contribution in [2.75, 3.05) is 5.32 Å². The summed E-state index contributed by atoms with van der Waals surface area (Å²) < 4.78 is 29.7. The molecule has 4 nitrogen and oxygen atoms in total. The topological polar surface area (TPSA) is 49.9 Å². The monoisotopic (exact) mass is 365 g/mol. The second-order valence-corrected chi connectivity index (χ2v) is 5.31. The lowest BCUT2D eigenvalue weighted by Crippen LogP contribution is -2.07. The molecule has 2 aromatic rings. The molecule has 0 aliphatic heterocycles. The first kappa shape index (κ1) is 15.1. The van der Waals surface area contributed by atoms with E-state index in [0.29, 0.717) is 21.7 Å². The Hall–Kier alpha value is -1.34. The number of alkyl halides is 2. The van der Waals surface area contributed by atoms with Crippen molar-refractivity contribution < 1.29 is 13.5 Å². The van der Waals surface area contributed by atoms with Crippen LogP contribution in [0.25, 0.3) is 0 Å². The zero-order chi connectivity index (χ0) is 14.7. The Morgan fingerprint density at radius 3 is 2.85 bits per heavy atom. The molecule has 2 N–H and O–H groups in total. The summed E-state index contributed by atoms with van der Waals surface area (Å²) in [6.45, 7) is -0.632. The number of nitrogens with zero attached hydrogens (tertiary/aromatic N) is 1. The Kier molecular flexibility index (Phi) is 4.82. The van der Waals surface area contributed by atoms with Gasteiger partial charge >= 0.3 is 6.61 Å². The summed E-state index contributed by atoms with van der Waals surface area (Å²) in [4.78, 5) is 0. The third-order valence-corrected chi connectivity index (χ3v) is 3.43. The average Bonchev–Trinajstić information content (AvgIpc) is 2.76. The predicted octanol–water partition coefficient (Wildman–Crippen LogP) is 4.35. The number of halogens is 4. The third-order valence-electron chi connectivity index (χ3n) is 2.62. The lowest BCUT2D eigenvalue weighted by atomic mass is 10.2. The number of rotatable bonds is 5. The Bertz CT molecular complexity index is 606. The largest absolute Gasteiger partial charge is 0.431 e. The molecule has 0 aliphatic carbocycles. The SMILES string of the molecule is Cc1[nH]ncc1CNc1cc(Cl)cc(Br)c1OC(F)F. The number of anilines is 1. The van der Waals surface area contributed by atoms with Crippen molar-refractivity contribution in [2.45, 2.75) is 20.1 Å². The number of hydrogen-bond donors (Lipinski definition) is 2. The van der Waals surface area contributed by atoms with Gasteiger partial charge in [-0.1, -0.05) is 11.6 Å². The molecule has 1 heterocycles. The zero-order valence-electron chi connectivity index (χ0n) is 10.4. The van der Waals surface area contributed by atoms with E-state index in [2.05, 4.69) is 36.2 Å². The van der Waals surface area contributed by atoms with Crippen LogP contribution in [0, 0.1) is 6.92 Å². The van der Waals surface area contributed by atoms with Crippen LogP contribution in [0.1, 0.15) is 11.3 Å². The molecule has 108 valence electrons. The van der Waals surface area contributed by atoms with E-state index in [1.165, 1.54) is 12.1 Å². The maximum absolute atomic E-state index is 12.4. The molecule has 0 spiro atoms. The van der Waals surface area contributed by atoms with Crippen molar-refractivity contribution in [3.8, 4) is 5.75 Å². The highest BCUT2D eigenvalue weighted by atomic mass is 79.9. The van der Waals surface area contributed by atoms with Crippen LogP contribution in [0.2, 0.25) is 5.02 Å². The van der Waals surface area contributed by atoms with E-state index in [1.807, 2.05) is 6.92 Å². The predicted molar refractivity (Wildman–Crippen MR) is 76.4 cm³/mol. The standard InChI is InChI=1S/C12H11BrClF2N3O/c1-6-7(5-18-19-6)4-17-10-3-8(14)2-9(13)11(10)20-12(15)16/h2-3,5,12,17H,4H2,1H3,(H,18,19). The van der Waals surface area contributed by atoms with Gasteiger partial charge in [0, 0.05) is 22.8 Å². The van der Waals surface area contributed by atoms with Crippen molar-refractivity contribution in [1.29, 1.82) is 0 Å². The Labute approximate surface area is 127 Å². The molecule has 0 bridgehead atoms. The molecule has 0 amide bonds. The van der Waals surface area contributed by atoms with Gasteiger partial charge in [-0.3, -0.25) is 5.10 Å². The molecule has 0 saturated heterocycles. The first-order chi connectivity index (χ1) is 9.47. The number of H-pyrrole nitrogens is 1. The van der Waals surface area contributed by atoms with Crippen molar-refractivity contribution in [3.05, 3.63) is 39.1 Å². The first-order valence-corrected chi connectivity index (χ1v) is 6.81. The molecule has 8 heteroatoms. The Morgan fingerprint density at radius 1 is 1.50 bits per heavy atom. The van der Waals surface area contributed by atoms with Crippen LogP contribution in [0.3, 0.4) is 0 Å². The van der Waals surface area contributed by atoms with Crippen LogP contribution in [0.15, 0.2) is 22.8 Å². The average molecular weight is 367 g/mol. The van der Waals surface area contributed by atoms with E-state index in [9.17, 15) is 8.78 Å². The smallest absolute Gasteiger partial charge is 0.387 e. The van der Waals surface area contributed by atoms with E-state index in [1.54, 1.807) is 6.20 Å². The molecule has 0 saturated carbocycles. The normalized spacial score (nSPS) is 10.9. The van der Waals surface area contributed by atoms with Crippen molar-refractivity contribution in [2.24, 2.45) is 0 Å². The molecule has 0 radical (unpaired) electrons. The number of nitrogens with one attached hydrogen (secondary N) is 2. The van der Waals surface area contributed by atoms with E-state index >= 15 is 0 Å². The van der Waals surface area contributed by atoms with Gasteiger partial charge in [0.2, 0.25) is 0 Å². The van der Waals surface area contributed by atoms with Crippen LogP contribution < -0.4 is 10.1 Å². The number of aryl methyl sites for hydroxylation is 1. The van der Waals surface area contributed by atoms with Gasteiger partial charge < -0.3 is 10.1 Å². The van der Waals surface area contributed by atoms with Crippen molar-refractivity contribution >= 4 is 33.2 Å². The summed E-state index contributed by atoms with van der Waals surface area (Å²) in [7, 11) is 0. The molecule has 0 unspecified atom stereocenters. The summed E-state index contributed by atoms with van der Waals surface area (Å²) in [5, 5.41) is 10.1. The number of hydrogen-bond acceptors (Lipinski definition) is 3. The highest BCUT2D eigenvalue weighted by molar-refractivity contribution is 9.10. The molecule has 0 aliphatic rings. The minimum Gasteiger partial charge on any atom is -0.431 e. The Balaban J connectivity index is 2.23. The van der Waals surface area contributed by atoms with Crippen LogP contribution in [0.4, 0.5) is 14.5 Å². The second-order valence-electron chi connectivity index (χ2n) is 4.02. The molecular weight excluding hydrogens is 356 g/mol. The minimum atomic E-state index is -2.91. The van der Waals surface area contributed by atoms with Crippen LogP contribution in [-0.4, -0.2) is 16.8 Å². The molecule has 0 fully saturated rings. The van der Waals surface area contributed by atoms with Gasteiger partial charge in [-0.25, -0.2) is 0 Å². The molecule has 1 aromatic carbocycles. The van der Waals surface area contributed by atoms with Crippen LogP contribution >= 0.6 is 27.5 Å². The summed E-state index contributed by atoms with van der Waals surface area (Å²) in [6.07, 6.45) is 1.66. The van der Waals surface area contributed by atoms with Gasteiger partial charge in [0.15, 0.2) is 5.75 Å². The highest BCUT2D eigenvalue weighted by Gasteiger charge is 2.15. The van der Waals surface area contributed by atoms with Gasteiger partial charge in [0.05, 0.1) is 16.4 Å². The summed E-state index contributed by atoms with van der Waals surface area (Å²) in [5.41, 5.74) is 2.20. The van der Waals surface area contributed by atoms with Crippen molar-refractivity contribution in [3.63, 3.8) is 0 Å². The summed E-state index contributed by atoms with van der Waals surface area (Å²) in [5.74, 6) is 0.0190. The fourth-order valence-electron chi connectivity index (χ4n) is 1.64. The minimum absolute atomic E-state index is 0.0190. The summed E-state index contributed by atoms with van der Waals surface area (Å²) in [6, 6.07) is 3.02. The van der Waals surface area contributed by atoms with Gasteiger partial charge in [-0.05, 0) is 35.0 Å². The molecular formula is C12H11BrClF2N3O. The van der Waals surface area contributed by atoms with E-state index in [4.69, 9.17) is 11.6 Å². The molecule has 1 aromatic heterocycles. The van der Waals surface area contributed by atoms with Crippen molar-refractivity contribution in [1.82, 2.24) is 10.2 Å². The molecule has 2 rings (SSSR count). The fourth-order valence-corrected chi connectivity index (χ4v) is 2.55. The van der Waals surface area contributed by atoms with E-state index < -0.39 is 6.61 Å². The quantitative estimate of drug-likeness (QED) is 0.827. The highest BCUT2D eigenvalue weighted by Crippen LogP contribution is 2.37. The number of aromatic amines is 1. The van der Waals surface area contributed by atoms with Gasteiger partial charge in [0.25, 0.3) is 0 Å². The van der Waals surface area contributed by atoms with E-state index in [-0.39, 0.29) is 5.75 Å². The maximum Gasteiger partial charge on any atom is 0.387 e. The Morgan fingerprint density at radius 2 is 2.25 bits per heavy atom. The van der Waals surface area contributed by atoms with Gasteiger partial charge in [-0.2, -0.15) is 13.9 Å². The van der Waals surface area contributed by atoms with Crippen LogP contribution in [0.5, 0.6) is 5.75 Å². The fraction of sp³-hybridized carbons (Fsp3) is 0.250. The molecule has 20 heavy (non-hydrogen) atoms. The summed E-state index contributed by atoms with van der Waals surface area (Å²) >= 11 is 9.08. The first-order valence-electron chi connectivity index (χ1n) is 5.64. The lowest BCUT2D eigenvalue weighted by molar-refractivity contribution is -0.0498. The number of ether oxygens (including phenoxy) is 1. The lowest BCUT2D eigenvalue weighted by Gasteiger charge is -2.14. The van der Waals surface area contributed by atoms with Gasteiger partial charge in [0.1, 0.15) is 0 Å². The van der Waals surface area contributed by atoms with E-state index in [0.717, 1.165) is 11.3 Å². The third kappa shape index (κ3) is 3.61. The number of benzene rings is 1.